The van der Waals surface area contributed by atoms with Gasteiger partial charge in [0.05, 0.1) is 11.2 Å². The number of fused-ring (bicyclic) bond motifs is 1. The van der Waals surface area contributed by atoms with Gasteiger partial charge in [0.1, 0.15) is 5.52 Å². The van der Waals surface area contributed by atoms with Gasteiger partial charge in [-0.2, -0.15) is 0 Å². The summed E-state index contributed by atoms with van der Waals surface area (Å²) in [5, 5.41) is 13.8. The molecule has 8 nitrogen and oxygen atoms in total. The van der Waals surface area contributed by atoms with E-state index in [4.69, 9.17) is 0 Å². The molecule has 0 spiro atoms. The SMILES string of the molecule is O=C(c1ccccc1)c1ccccc1NC(=O)C(N[14C](=O)c1ccccc1)n1nnc2ccccc21. The highest BCUT2D eigenvalue weighted by Crippen LogP contribution is 2.22. The van der Waals surface area contributed by atoms with Crippen molar-refractivity contribution in [2.75, 3.05) is 5.32 Å². The number of anilines is 1. The minimum absolute atomic E-state index is 0.234. The van der Waals surface area contributed by atoms with Gasteiger partial charge in [-0.05, 0) is 36.4 Å². The number of nitrogens with zero attached hydrogens (tertiary/aromatic N) is 3. The largest absolute Gasteiger partial charge is 0.322 e. The van der Waals surface area contributed by atoms with Crippen molar-refractivity contribution in [1.29, 1.82) is 0 Å². The molecule has 176 valence electrons. The summed E-state index contributed by atoms with van der Waals surface area (Å²) in [4.78, 5) is 39.7. The molecule has 0 saturated heterocycles. The molecule has 5 rings (SSSR count). The number of para-hydroxylation sites is 2. The molecule has 1 aromatic heterocycles. The highest BCUT2D eigenvalue weighted by atomic mass is 16.3. The van der Waals surface area contributed by atoms with Crippen LogP contribution in [0.3, 0.4) is 0 Å². The number of amides is 2. The highest BCUT2D eigenvalue weighted by molar-refractivity contribution is 6.14. The van der Waals surface area contributed by atoms with Crippen LogP contribution in [0, 0.1) is 0 Å². The van der Waals surface area contributed by atoms with E-state index < -0.39 is 18.0 Å². The summed E-state index contributed by atoms with van der Waals surface area (Å²) in [6.45, 7) is 0. The molecular formula is C28H21N5O3. The van der Waals surface area contributed by atoms with Crippen molar-refractivity contribution in [2.24, 2.45) is 0 Å². The van der Waals surface area contributed by atoms with E-state index in [1.807, 2.05) is 12.1 Å². The number of benzene rings is 4. The summed E-state index contributed by atoms with van der Waals surface area (Å²) >= 11 is 0. The van der Waals surface area contributed by atoms with Gasteiger partial charge in [0.2, 0.25) is 6.17 Å². The molecule has 0 aliphatic rings. The predicted molar refractivity (Wildman–Crippen MR) is 135 cm³/mol. The minimum Gasteiger partial charge on any atom is -0.322 e. The van der Waals surface area contributed by atoms with Crippen molar-refractivity contribution < 1.29 is 14.4 Å². The summed E-state index contributed by atoms with van der Waals surface area (Å²) in [5.41, 5.74) is 2.67. The Kier molecular flexibility index (Phi) is 6.31. The predicted octanol–water partition coefficient (Wildman–Crippen LogP) is 4.23. The lowest BCUT2D eigenvalue weighted by Gasteiger charge is -2.20. The first-order valence-corrected chi connectivity index (χ1v) is 11.3. The molecule has 1 unspecified atom stereocenters. The number of hydrogen-bond donors (Lipinski definition) is 2. The number of nitrogens with one attached hydrogen (secondary N) is 2. The monoisotopic (exact) mass is 477 g/mol. The first-order valence-electron chi connectivity index (χ1n) is 11.3. The summed E-state index contributed by atoms with van der Waals surface area (Å²) < 4.78 is 1.35. The molecule has 2 amide bonds. The van der Waals surface area contributed by atoms with Crippen molar-refractivity contribution in [3.8, 4) is 0 Å². The zero-order chi connectivity index (χ0) is 24.9. The third-order valence-corrected chi connectivity index (χ3v) is 5.64. The van der Waals surface area contributed by atoms with Gasteiger partial charge in [-0.3, -0.25) is 14.4 Å². The number of hydrogen-bond acceptors (Lipinski definition) is 5. The fourth-order valence-electron chi connectivity index (χ4n) is 3.85. The zero-order valence-electron chi connectivity index (χ0n) is 19.0. The van der Waals surface area contributed by atoms with E-state index >= 15 is 0 Å². The van der Waals surface area contributed by atoms with E-state index in [2.05, 4.69) is 20.9 Å². The topological polar surface area (TPSA) is 106 Å². The van der Waals surface area contributed by atoms with Crippen molar-refractivity contribution in [2.45, 2.75) is 6.17 Å². The second-order valence-corrected chi connectivity index (χ2v) is 7.99. The van der Waals surface area contributed by atoms with Crippen LogP contribution in [0.2, 0.25) is 0 Å². The second-order valence-electron chi connectivity index (χ2n) is 7.99. The molecule has 0 radical (unpaired) electrons. The molecule has 0 aliphatic heterocycles. The molecule has 2 N–H and O–H groups in total. The van der Waals surface area contributed by atoms with E-state index in [9.17, 15) is 14.4 Å². The number of carbonyl (C=O) groups is 3. The van der Waals surface area contributed by atoms with Crippen LogP contribution in [0.15, 0.2) is 109 Å². The maximum atomic E-state index is 13.6. The van der Waals surface area contributed by atoms with Gasteiger partial charge in [0.25, 0.3) is 11.8 Å². The molecule has 0 saturated carbocycles. The van der Waals surface area contributed by atoms with Gasteiger partial charge >= 0.3 is 0 Å². The van der Waals surface area contributed by atoms with Crippen LogP contribution in [-0.4, -0.2) is 32.6 Å². The Morgan fingerprint density at radius 3 is 2.19 bits per heavy atom. The van der Waals surface area contributed by atoms with Crippen LogP contribution >= 0.6 is 0 Å². The third kappa shape index (κ3) is 4.60. The van der Waals surface area contributed by atoms with Crippen LogP contribution in [0.4, 0.5) is 5.69 Å². The van der Waals surface area contributed by atoms with Gasteiger partial charge in [-0.1, -0.05) is 78.0 Å². The molecule has 1 heterocycles. The molecule has 4 aromatic carbocycles. The Labute approximate surface area is 206 Å². The number of aromatic nitrogens is 3. The summed E-state index contributed by atoms with van der Waals surface area (Å²) in [6, 6.07) is 31.2. The zero-order valence-corrected chi connectivity index (χ0v) is 19.0. The molecular weight excluding hydrogens is 456 g/mol. The number of ketones is 1. The lowest BCUT2D eigenvalue weighted by atomic mass is 10.0. The van der Waals surface area contributed by atoms with Gasteiger partial charge in [0, 0.05) is 16.7 Å². The quantitative estimate of drug-likeness (QED) is 0.341. The fourth-order valence-corrected chi connectivity index (χ4v) is 3.85. The Morgan fingerprint density at radius 2 is 1.42 bits per heavy atom. The first kappa shape index (κ1) is 22.7. The summed E-state index contributed by atoms with van der Waals surface area (Å²) in [5.74, 6) is -1.27. The van der Waals surface area contributed by atoms with Crippen molar-refractivity contribution in [1.82, 2.24) is 20.3 Å². The molecule has 0 fully saturated rings. The van der Waals surface area contributed by atoms with Crippen LogP contribution in [0.1, 0.15) is 32.4 Å². The van der Waals surface area contributed by atoms with Gasteiger partial charge in [-0.15, -0.1) is 5.10 Å². The van der Waals surface area contributed by atoms with E-state index in [0.29, 0.717) is 33.4 Å². The second kappa shape index (κ2) is 10.0. The number of rotatable bonds is 7. The van der Waals surface area contributed by atoms with Crippen molar-refractivity contribution >= 4 is 34.3 Å². The Morgan fingerprint density at radius 1 is 0.778 bits per heavy atom. The minimum atomic E-state index is -1.23. The Bertz CT molecular complexity index is 1550. The van der Waals surface area contributed by atoms with E-state index in [1.54, 1.807) is 97.1 Å². The first-order chi connectivity index (χ1) is 17.6. The van der Waals surface area contributed by atoms with Crippen molar-refractivity contribution in [3.63, 3.8) is 0 Å². The van der Waals surface area contributed by atoms with Crippen molar-refractivity contribution in [3.05, 3.63) is 126 Å². The Hall–Kier alpha value is -5.11. The standard InChI is InChI=1S/C28H21N5O3/c34-25(19-11-3-1-4-12-19)21-15-7-8-16-22(21)29-28(36)26(30-27(35)20-13-5-2-6-14-20)33-24-18-10-9-17-23(24)31-32-33/h1-18,26H,(H,29,36)(H,30,35)/i27+2. The maximum absolute atomic E-state index is 13.6. The molecule has 8 heteroatoms. The van der Waals surface area contributed by atoms with E-state index in [0.717, 1.165) is 0 Å². The number of carbonyl (C=O) groups excluding carboxylic acids is 3. The van der Waals surface area contributed by atoms with Gasteiger partial charge < -0.3 is 10.6 Å². The van der Waals surface area contributed by atoms with Gasteiger partial charge in [-0.25, -0.2) is 4.68 Å². The fraction of sp³-hybridized carbons (Fsp3) is 0.0357. The highest BCUT2D eigenvalue weighted by Gasteiger charge is 2.27. The lowest BCUT2D eigenvalue weighted by molar-refractivity contribution is -0.120. The summed E-state index contributed by atoms with van der Waals surface area (Å²) in [7, 11) is 0. The third-order valence-electron chi connectivity index (χ3n) is 5.64. The average Bonchev–Trinajstić information content (AvgIpc) is 3.36. The maximum Gasteiger partial charge on any atom is 0.269 e. The van der Waals surface area contributed by atoms with Crippen LogP contribution in [0.5, 0.6) is 0 Å². The van der Waals surface area contributed by atoms with E-state index in [1.165, 1.54) is 4.68 Å². The molecule has 5 aromatic rings. The average molecular weight is 478 g/mol. The lowest BCUT2D eigenvalue weighted by Crippen LogP contribution is -2.41. The Balaban J connectivity index is 1.49. The molecule has 0 aliphatic carbocycles. The molecule has 0 bridgehead atoms. The molecule has 36 heavy (non-hydrogen) atoms. The summed E-state index contributed by atoms with van der Waals surface area (Å²) in [6.07, 6.45) is -1.23. The van der Waals surface area contributed by atoms with Crippen LogP contribution < -0.4 is 10.6 Å². The normalized spacial score (nSPS) is 11.6. The van der Waals surface area contributed by atoms with Gasteiger partial charge in [0.15, 0.2) is 5.78 Å². The van der Waals surface area contributed by atoms with Crippen LogP contribution in [-0.2, 0) is 4.79 Å². The molecule has 1 atom stereocenters. The van der Waals surface area contributed by atoms with E-state index in [-0.39, 0.29) is 5.78 Å². The smallest absolute Gasteiger partial charge is 0.269 e. The van der Waals surface area contributed by atoms with Crippen LogP contribution in [0.25, 0.3) is 11.0 Å².